The zero-order valence-electron chi connectivity index (χ0n) is 14.2. The number of aliphatic hydroxyl groups is 1. The molecule has 0 aliphatic rings. The number of hydrogen-bond acceptors (Lipinski definition) is 4. The first-order valence-electron chi connectivity index (χ1n) is 8.01. The molecule has 1 atom stereocenters. The van der Waals surface area contributed by atoms with E-state index in [0.717, 1.165) is 29.8 Å². The highest BCUT2D eigenvalue weighted by molar-refractivity contribution is 5.39. The summed E-state index contributed by atoms with van der Waals surface area (Å²) < 4.78 is 5.81. The molecule has 1 N–H and O–H groups in total. The number of benzene rings is 1. The molecule has 0 amide bonds. The maximum Gasteiger partial charge on any atom is 0.125 e. The third-order valence-corrected chi connectivity index (χ3v) is 3.88. The number of aryl methyl sites for hydroxylation is 2. The van der Waals surface area contributed by atoms with Crippen LogP contribution in [-0.4, -0.2) is 47.8 Å². The Labute approximate surface area is 138 Å². The van der Waals surface area contributed by atoms with E-state index in [1.165, 1.54) is 5.56 Å². The van der Waals surface area contributed by atoms with Gasteiger partial charge in [0.25, 0.3) is 0 Å². The summed E-state index contributed by atoms with van der Waals surface area (Å²) in [5.41, 5.74) is 3.46. The lowest BCUT2D eigenvalue weighted by Gasteiger charge is -2.21. The molecule has 2 rings (SSSR count). The summed E-state index contributed by atoms with van der Waals surface area (Å²) in [6.07, 6.45) is 4.06. The fraction of sp³-hybridized carbons (Fsp3) is 0.421. The van der Waals surface area contributed by atoms with Gasteiger partial charge < -0.3 is 14.7 Å². The average Bonchev–Trinajstić information content (AvgIpc) is 2.53. The van der Waals surface area contributed by atoms with Gasteiger partial charge in [0.1, 0.15) is 18.5 Å². The first kappa shape index (κ1) is 17.4. The Kier molecular flexibility index (Phi) is 6.56. The van der Waals surface area contributed by atoms with Crippen LogP contribution in [0.2, 0.25) is 0 Å². The first-order chi connectivity index (χ1) is 11.1. The molecule has 0 aliphatic carbocycles. The molecule has 23 heavy (non-hydrogen) atoms. The van der Waals surface area contributed by atoms with E-state index < -0.39 is 6.10 Å². The minimum absolute atomic E-state index is 0.311. The Morgan fingerprint density at radius 3 is 2.43 bits per heavy atom. The number of pyridine rings is 1. The van der Waals surface area contributed by atoms with E-state index in [0.29, 0.717) is 13.2 Å². The van der Waals surface area contributed by atoms with Crippen molar-refractivity contribution in [3.05, 3.63) is 59.4 Å². The van der Waals surface area contributed by atoms with Crippen LogP contribution >= 0.6 is 0 Å². The molecule has 2 aromatic rings. The summed E-state index contributed by atoms with van der Waals surface area (Å²) in [5.74, 6) is 0.881. The Morgan fingerprint density at radius 1 is 1.13 bits per heavy atom. The third-order valence-electron chi connectivity index (χ3n) is 3.88. The summed E-state index contributed by atoms with van der Waals surface area (Å²) in [6, 6.07) is 10.1. The molecule has 1 unspecified atom stereocenters. The lowest BCUT2D eigenvalue weighted by atomic mass is 10.1. The lowest BCUT2D eigenvalue weighted by molar-refractivity contribution is 0.0761. The van der Waals surface area contributed by atoms with E-state index in [1.54, 1.807) is 0 Å². The monoisotopic (exact) mass is 314 g/mol. The summed E-state index contributed by atoms with van der Waals surface area (Å²) in [5, 5.41) is 10.2. The van der Waals surface area contributed by atoms with Crippen LogP contribution in [0, 0.1) is 13.8 Å². The van der Waals surface area contributed by atoms with Crippen LogP contribution in [0.25, 0.3) is 0 Å². The van der Waals surface area contributed by atoms with Crippen molar-refractivity contribution in [1.82, 2.24) is 9.88 Å². The second-order valence-corrected chi connectivity index (χ2v) is 6.05. The quantitative estimate of drug-likeness (QED) is 0.813. The topological polar surface area (TPSA) is 45.6 Å². The van der Waals surface area contributed by atoms with Gasteiger partial charge in [0, 0.05) is 25.5 Å². The van der Waals surface area contributed by atoms with E-state index in [2.05, 4.69) is 9.88 Å². The van der Waals surface area contributed by atoms with Gasteiger partial charge in [-0.05, 0) is 56.1 Å². The SMILES string of the molecule is Cc1cccc(C)c1OCC(O)CN(C)CCc1ccncc1. The van der Waals surface area contributed by atoms with Gasteiger partial charge in [-0.3, -0.25) is 4.98 Å². The van der Waals surface area contributed by atoms with Crippen LogP contribution in [-0.2, 0) is 6.42 Å². The minimum Gasteiger partial charge on any atom is -0.490 e. The van der Waals surface area contributed by atoms with Crippen LogP contribution in [0.15, 0.2) is 42.7 Å². The van der Waals surface area contributed by atoms with Crippen LogP contribution in [0.5, 0.6) is 5.75 Å². The van der Waals surface area contributed by atoms with Gasteiger partial charge in [-0.25, -0.2) is 0 Å². The first-order valence-corrected chi connectivity index (χ1v) is 8.01. The van der Waals surface area contributed by atoms with E-state index >= 15 is 0 Å². The van der Waals surface area contributed by atoms with Crippen molar-refractivity contribution in [2.24, 2.45) is 0 Å². The summed E-state index contributed by atoms with van der Waals surface area (Å²) in [4.78, 5) is 6.14. The Balaban J connectivity index is 1.74. The summed E-state index contributed by atoms with van der Waals surface area (Å²) in [6.45, 7) is 5.84. The van der Waals surface area contributed by atoms with Crippen molar-refractivity contribution in [3.63, 3.8) is 0 Å². The van der Waals surface area contributed by atoms with E-state index in [-0.39, 0.29) is 0 Å². The zero-order chi connectivity index (χ0) is 16.7. The number of para-hydroxylation sites is 1. The summed E-state index contributed by atoms with van der Waals surface area (Å²) >= 11 is 0. The average molecular weight is 314 g/mol. The normalized spacial score (nSPS) is 12.4. The largest absolute Gasteiger partial charge is 0.490 e. The molecule has 1 aromatic carbocycles. The molecule has 0 bridgehead atoms. The maximum atomic E-state index is 10.2. The van der Waals surface area contributed by atoms with Crippen molar-refractivity contribution in [2.75, 3.05) is 26.7 Å². The van der Waals surface area contributed by atoms with Gasteiger partial charge in [0.15, 0.2) is 0 Å². The molecule has 1 aromatic heterocycles. The second-order valence-electron chi connectivity index (χ2n) is 6.05. The molecule has 0 radical (unpaired) electrons. The highest BCUT2D eigenvalue weighted by Crippen LogP contribution is 2.22. The van der Waals surface area contributed by atoms with Crippen molar-refractivity contribution in [3.8, 4) is 5.75 Å². The Hall–Kier alpha value is -1.91. The minimum atomic E-state index is -0.503. The van der Waals surface area contributed by atoms with Gasteiger partial charge >= 0.3 is 0 Å². The number of ether oxygens (including phenoxy) is 1. The van der Waals surface area contributed by atoms with Gasteiger partial charge in [-0.15, -0.1) is 0 Å². The van der Waals surface area contributed by atoms with Gasteiger partial charge in [-0.1, -0.05) is 18.2 Å². The van der Waals surface area contributed by atoms with Crippen LogP contribution in [0.1, 0.15) is 16.7 Å². The molecule has 0 spiro atoms. The predicted molar refractivity (Wildman–Crippen MR) is 92.9 cm³/mol. The predicted octanol–water partition coefficient (Wildman–Crippen LogP) is 2.61. The van der Waals surface area contributed by atoms with Crippen molar-refractivity contribution in [2.45, 2.75) is 26.4 Å². The number of likely N-dealkylation sites (N-methyl/N-ethyl adjacent to an activating group) is 1. The number of rotatable bonds is 8. The highest BCUT2D eigenvalue weighted by atomic mass is 16.5. The van der Waals surface area contributed by atoms with E-state index in [9.17, 15) is 5.11 Å². The van der Waals surface area contributed by atoms with Crippen LogP contribution in [0.4, 0.5) is 0 Å². The molecule has 4 nitrogen and oxygen atoms in total. The standard InChI is InChI=1S/C19H26N2O2/c1-15-5-4-6-16(2)19(15)23-14-18(22)13-21(3)12-9-17-7-10-20-11-8-17/h4-8,10-11,18,22H,9,12-14H2,1-3H3. The number of nitrogens with zero attached hydrogens (tertiary/aromatic N) is 2. The number of aromatic nitrogens is 1. The molecule has 4 heteroatoms. The molecular formula is C19H26N2O2. The van der Waals surface area contributed by atoms with Crippen LogP contribution in [0.3, 0.4) is 0 Å². The van der Waals surface area contributed by atoms with Gasteiger partial charge in [0.2, 0.25) is 0 Å². The highest BCUT2D eigenvalue weighted by Gasteiger charge is 2.11. The smallest absolute Gasteiger partial charge is 0.125 e. The number of aliphatic hydroxyl groups excluding tert-OH is 1. The second kappa shape index (κ2) is 8.65. The molecule has 0 saturated carbocycles. The molecule has 0 saturated heterocycles. The molecule has 124 valence electrons. The van der Waals surface area contributed by atoms with Gasteiger partial charge in [-0.2, -0.15) is 0 Å². The molecular weight excluding hydrogens is 288 g/mol. The Morgan fingerprint density at radius 2 is 1.78 bits per heavy atom. The van der Waals surface area contributed by atoms with Crippen molar-refractivity contribution in [1.29, 1.82) is 0 Å². The molecule has 0 fully saturated rings. The zero-order valence-corrected chi connectivity index (χ0v) is 14.2. The van der Waals surface area contributed by atoms with Crippen molar-refractivity contribution >= 4 is 0 Å². The van der Waals surface area contributed by atoms with Crippen molar-refractivity contribution < 1.29 is 9.84 Å². The molecule has 1 heterocycles. The molecule has 0 aliphatic heterocycles. The lowest BCUT2D eigenvalue weighted by Crippen LogP contribution is -2.34. The van der Waals surface area contributed by atoms with Crippen LogP contribution < -0.4 is 4.74 Å². The van der Waals surface area contributed by atoms with Gasteiger partial charge in [0.05, 0.1) is 0 Å². The fourth-order valence-corrected chi connectivity index (χ4v) is 2.58. The van der Waals surface area contributed by atoms with E-state index in [1.807, 2.05) is 63.6 Å². The summed E-state index contributed by atoms with van der Waals surface area (Å²) in [7, 11) is 2.02. The third kappa shape index (κ3) is 5.66. The maximum absolute atomic E-state index is 10.2. The fourth-order valence-electron chi connectivity index (χ4n) is 2.58. The van der Waals surface area contributed by atoms with E-state index in [4.69, 9.17) is 4.74 Å². The Bertz CT molecular complexity index is 581. The number of hydrogen-bond donors (Lipinski definition) is 1.